The molecule has 3 heteroatoms. The van der Waals surface area contributed by atoms with Gasteiger partial charge >= 0.3 is 5.97 Å². The maximum absolute atomic E-state index is 10.8. The van der Waals surface area contributed by atoms with Crippen LogP contribution in [-0.4, -0.2) is 13.1 Å². The molecule has 0 amide bonds. The molecule has 17 heavy (non-hydrogen) atoms. The molecule has 1 rings (SSSR count). The molecule has 1 aromatic carbocycles. The molecule has 0 N–H and O–H groups in total. The Morgan fingerprint density at radius 2 is 2.00 bits per heavy atom. The van der Waals surface area contributed by atoms with Crippen molar-refractivity contribution in [1.82, 2.24) is 0 Å². The Hall–Kier alpha value is -1.51. The largest absolute Gasteiger partial charge is 0.496 e. The summed E-state index contributed by atoms with van der Waals surface area (Å²) in [5.74, 6) is 1.01. The summed E-state index contributed by atoms with van der Waals surface area (Å²) in [6.45, 7) is 7.96. The summed E-state index contributed by atoms with van der Waals surface area (Å²) in [6.07, 6.45) is 0. The van der Waals surface area contributed by atoms with E-state index in [1.54, 1.807) is 7.11 Å². The van der Waals surface area contributed by atoms with Crippen LogP contribution >= 0.6 is 0 Å². The lowest BCUT2D eigenvalue weighted by Crippen LogP contribution is -2.03. The molecule has 0 spiro atoms. The first kappa shape index (κ1) is 13.6. The summed E-state index contributed by atoms with van der Waals surface area (Å²) in [4.78, 5) is 10.8. The molecule has 0 atom stereocenters. The summed E-state index contributed by atoms with van der Waals surface area (Å²) >= 11 is 0. The van der Waals surface area contributed by atoms with E-state index >= 15 is 0 Å². The second-order valence-electron chi connectivity index (χ2n) is 4.46. The van der Waals surface area contributed by atoms with E-state index in [1.807, 2.05) is 13.0 Å². The second kappa shape index (κ2) is 5.71. The Bertz CT molecular complexity index is 408. The van der Waals surface area contributed by atoms with Crippen LogP contribution in [0, 0.1) is 6.92 Å². The Labute approximate surface area is 103 Å². The molecule has 3 nitrogen and oxygen atoms in total. The predicted molar refractivity (Wildman–Crippen MR) is 67.3 cm³/mol. The number of rotatable bonds is 4. The topological polar surface area (TPSA) is 35.5 Å². The Balaban J connectivity index is 3.06. The van der Waals surface area contributed by atoms with Gasteiger partial charge in [-0.3, -0.25) is 4.79 Å². The van der Waals surface area contributed by atoms with Crippen LogP contribution in [0.1, 0.15) is 43.4 Å². The standard InChI is InChI=1S/C14H20O3/c1-9(2)13-7-12(8-17-11(4)15)10(3)6-14(13)16-5/h6-7,9H,8H2,1-5H3. The maximum atomic E-state index is 10.8. The van der Waals surface area contributed by atoms with Gasteiger partial charge in [-0.2, -0.15) is 0 Å². The summed E-state index contributed by atoms with van der Waals surface area (Å²) in [5.41, 5.74) is 3.25. The van der Waals surface area contributed by atoms with E-state index in [2.05, 4.69) is 19.9 Å². The van der Waals surface area contributed by atoms with E-state index in [9.17, 15) is 4.79 Å². The van der Waals surface area contributed by atoms with Crippen molar-refractivity contribution in [3.05, 3.63) is 28.8 Å². The van der Waals surface area contributed by atoms with E-state index < -0.39 is 0 Å². The number of ether oxygens (including phenoxy) is 2. The fraction of sp³-hybridized carbons (Fsp3) is 0.500. The van der Waals surface area contributed by atoms with Gasteiger partial charge in [-0.1, -0.05) is 13.8 Å². The smallest absolute Gasteiger partial charge is 0.302 e. The Kier molecular flexibility index (Phi) is 4.55. The van der Waals surface area contributed by atoms with Gasteiger partial charge in [0.05, 0.1) is 7.11 Å². The number of benzene rings is 1. The molecule has 0 unspecified atom stereocenters. The molecular formula is C14H20O3. The third kappa shape index (κ3) is 3.48. The van der Waals surface area contributed by atoms with Crippen molar-refractivity contribution in [2.75, 3.05) is 7.11 Å². The lowest BCUT2D eigenvalue weighted by Gasteiger charge is -2.16. The first-order chi connectivity index (χ1) is 7.95. The van der Waals surface area contributed by atoms with Gasteiger partial charge in [0.25, 0.3) is 0 Å². The molecule has 0 saturated carbocycles. The lowest BCUT2D eigenvalue weighted by molar-refractivity contribution is -0.142. The minimum atomic E-state index is -0.258. The monoisotopic (exact) mass is 236 g/mol. The van der Waals surface area contributed by atoms with Crippen LogP contribution in [0.2, 0.25) is 0 Å². The van der Waals surface area contributed by atoms with Gasteiger partial charge in [-0.25, -0.2) is 0 Å². The lowest BCUT2D eigenvalue weighted by atomic mass is 9.97. The summed E-state index contributed by atoms with van der Waals surface area (Å²) in [7, 11) is 1.67. The molecule has 0 saturated heterocycles. The highest BCUT2D eigenvalue weighted by Crippen LogP contribution is 2.29. The zero-order valence-corrected chi connectivity index (χ0v) is 11.2. The van der Waals surface area contributed by atoms with Crippen molar-refractivity contribution in [1.29, 1.82) is 0 Å². The van der Waals surface area contributed by atoms with Gasteiger partial charge in [-0.15, -0.1) is 0 Å². The van der Waals surface area contributed by atoms with E-state index in [-0.39, 0.29) is 5.97 Å². The number of hydrogen-bond donors (Lipinski definition) is 0. The third-order valence-corrected chi connectivity index (χ3v) is 2.74. The zero-order chi connectivity index (χ0) is 13.0. The number of carbonyl (C=O) groups excluding carboxylic acids is 1. The minimum absolute atomic E-state index is 0.258. The minimum Gasteiger partial charge on any atom is -0.496 e. The SMILES string of the molecule is COc1cc(C)c(COC(C)=O)cc1C(C)C. The predicted octanol–water partition coefficient (Wildman–Crippen LogP) is 3.19. The highest BCUT2D eigenvalue weighted by atomic mass is 16.5. The maximum Gasteiger partial charge on any atom is 0.302 e. The van der Waals surface area contributed by atoms with Crippen molar-refractivity contribution in [3.63, 3.8) is 0 Å². The first-order valence-corrected chi connectivity index (χ1v) is 5.76. The number of aryl methyl sites for hydroxylation is 1. The van der Waals surface area contributed by atoms with Crippen molar-refractivity contribution in [2.45, 2.75) is 40.2 Å². The third-order valence-electron chi connectivity index (χ3n) is 2.74. The molecule has 0 heterocycles. The highest BCUT2D eigenvalue weighted by molar-refractivity contribution is 5.66. The molecule has 0 fully saturated rings. The van der Waals surface area contributed by atoms with E-state index in [4.69, 9.17) is 9.47 Å². The van der Waals surface area contributed by atoms with E-state index in [0.29, 0.717) is 12.5 Å². The Morgan fingerprint density at radius 1 is 1.35 bits per heavy atom. The zero-order valence-electron chi connectivity index (χ0n) is 11.2. The Morgan fingerprint density at radius 3 is 2.47 bits per heavy atom. The van der Waals surface area contributed by atoms with Gasteiger partial charge in [0.15, 0.2) is 0 Å². The van der Waals surface area contributed by atoms with E-state index in [1.165, 1.54) is 6.92 Å². The van der Waals surface area contributed by atoms with Crippen molar-refractivity contribution in [3.8, 4) is 5.75 Å². The van der Waals surface area contributed by atoms with Crippen LogP contribution < -0.4 is 4.74 Å². The molecule has 94 valence electrons. The van der Waals surface area contributed by atoms with Crippen LogP contribution in [0.3, 0.4) is 0 Å². The van der Waals surface area contributed by atoms with Gasteiger partial charge < -0.3 is 9.47 Å². The molecule has 1 aromatic rings. The van der Waals surface area contributed by atoms with Crippen molar-refractivity contribution in [2.24, 2.45) is 0 Å². The fourth-order valence-electron chi connectivity index (χ4n) is 1.71. The van der Waals surface area contributed by atoms with Gasteiger partial charge in [0.2, 0.25) is 0 Å². The highest BCUT2D eigenvalue weighted by Gasteiger charge is 2.11. The molecule has 0 aliphatic heterocycles. The number of hydrogen-bond acceptors (Lipinski definition) is 3. The van der Waals surface area contributed by atoms with Gasteiger partial charge in [0.1, 0.15) is 12.4 Å². The molecular weight excluding hydrogens is 216 g/mol. The van der Waals surface area contributed by atoms with Gasteiger partial charge in [-0.05, 0) is 41.7 Å². The number of esters is 1. The van der Waals surface area contributed by atoms with E-state index in [0.717, 1.165) is 22.4 Å². The summed E-state index contributed by atoms with van der Waals surface area (Å²) in [5, 5.41) is 0. The summed E-state index contributed by atoms with van der Waals surface area (Å²) in [6, 6.07) is 4.05. The average molecular weight is 236 g/mol. The fourth-order valence-corrected chi connectivity index (χ4v) is 1.71. The van der Waals surface area contributed by atoms with Crippen LogP contribution in [0.5, 0.6) is 5.75 Å². The second-order valence-corrected chi connectivity index (χ2v) is 4.46. The summed E-state index contributed by atoms with van der Waals surface area (Å²) < 4.78 is 10.4. The molecule has 0 aromatic heterocycles. The van der Waals surface area contributed by atoms with Crippen LogP contribution in [0.25, 0.3) is 0 Å². The van der Waals surface area contributed by atoms with Crippen LogP contribution in [0.15, 0.2) is 12.1 Å². The number of carbonyl (C=O) groups is 1. The number of methoxy groups -OCH3 is 1. The molecule has 0 bridgehead atoms. The van der Waals surface area contributed by atoms with Crippen molar-refractivity contribution >= 4 is 5.97 Å². The van der Waals surface area contributed by atoms with Gasteiger partial charge in [0, 0.05) is 6.92 Å². The van der Waals surface area contributed by atoms with Crippen molar-refractivity contribution < 1.29 is 14.3 Å². The quantitative estimate of drug-likeness (QED) is 0.753. The van der Waals surface area contributed by atoms with Crippen LogP contribution in [0.4, 0.5) is 0 Å². The molecule has 0 radical (unpaired) electrons. The average Bonchev–Trinajstić information content (AvgIpc) is 2.26. The normalized spacial score (nSPS) is 10.5. The molecule has 0 aliphatic rings. The van der Waals surface area contributed by atoms with Crippen LogP contribution in [-0.2, 0) is 16.1 Å². The molecule has 0 aliphatic carbocycles. The first-order valence-electron chi connectivity index (χ1n) is 5.76.